The van der Waals surface area contributed by atoms with Crippen molar-refractivity contribution >= 4 is 5.91 Å². The van der Waals surface area contributed by atoms with Crippen molar-refractivity contribution in [3.8, 4) is 0 Å². The first-order valence-corrected chi connectivity index (χ1v) is 3.28. The first-order valence-electron chi connectivity index (χ1n) is 3.28. The van der Waals surface area contributed by atoms with E-state index in [1.807, 2.05) is 0 Å². The summed E-state index contributed by atoms with van der Waals surface area (Å²) in [5.74, 6) is -0.691. The van der Waals surface area contributed by atoms with E-state index in [1.54, 1.807) is 0 Å². The van der Waals surface area contributed by atoms with Crippen molar-refractivity contribution in [1.29, 1.82) is 0 Å². The average Bonchev–Trinajstić information content (AvgIpc) is 1.97. The van der Waals surface area contributed by atoms with Gasteiger partial charge in [0.1, 0.15) is 6.10 Å². The number of nitrogens with one attached hydrogen (secondary N) is 1. The number of aliphatic hydroxyl groups is 2. The van der Waals surface area contributed by atoms with Crippen LogP contribution in [0.5, 0.6) is 0 Å². The molecule has 0 aromatic heterocycles. The smallest absolute Gasteiger partial charge is 0.240 e. The molecular formula is C6H12NO4. The fraction of sp³-hybridized carbons (Fsp3) is 0.833. The number of rotatable bonds is 6. The van der Waals surface area contributed by atoms with Crippen LogP contribution in [0.4, 0.5) is 0 Å². The van der Waals surface area contributed by atoms with Gasteiger partial charge in [-0.25, -0.2) is 0 Å². The highest BCUT2D eigenvalue weighted by atomic mass is 16.5. The van der Waals surface area contributed by atoms with Gasteiger partial charge in [0.15, 0.2) is 0 Å². The topological polar surface area (TPSA) is 90.6 Å². The van der Waals surface area contributed by atoms with E-state index in [9.17, 15) is 4.79 Å². The van der Waals surface area contributed by atoms with Gasteiger partial charge >= 0.3 is 0 Å². The van der Waals surface area contributed by atoms with Gasteiger partial charge in [-0.3, -0.25) is 10.5 Å². The monoisotopic (exact) mass is 162 g/mol. The molecule has 0 spiro atoms. The Labute approximate surface area is 64.8 Å². The summed E-state index contributed by atoms with van der Waals surface area (Å²) in [5, 5.41) is 17.0. The molecule has 0 aliphatic rings. The Kier molecular flexibility index (Phi) is 5.73. The summed E-state index contributed by atoms with van der Waals surface area (Å²) >= 11 is 0. The molecule has 0 aromatic carbocycles. The first-order chi connectivity index (χ1) is 5.16. The minimum atomic E-state index is -0.893. The van der Waals surface area contributed by atoms with Gasteiger partial charge < -0.3 is 14.9 Å². The lowest BCUT2D eigenvalue weighted by atomic mass is 10.4. The van der Waals surface area contributed by atoms with E-state index < -0.39 is 12.0 Å². The molecule has 0 aliphatic heterocycles. The van der Waals surface area contributed by atoms with Crippen LogP contribution >= 0.6 is 0 Å². The Bertz CT molecular complexity index is 117. The molecule has 0 aromatic rings. The number of carbonyl (C=O) groups excluding carboxylic acids is 1. The molecule has 1 radical (unpaired) electrons. The van der Waals surface area contributed by atoms with Crippen molar-refractivity contribution in [2.75, 3.05) is 19.8 Å². The average molecular weight is 162 g/mol. The fourth-order valence-corrected chi connectivity index (χ4v) is 0.437. The van der Waals surface area contributed by atoms with E-state index in [0.717, 1.165) is 0 Å². The van der Waals surface area contributed by atoms with Crippen LogP contribution in [0.15, 0.2) is 0 Å². The summed E-state index contributed by atoms with van der Waals surface area (Å²) in [4.78, 5) is 10.0. The van der Waals surface area contributed by atoms with Crippen molar-refractivity contribution in [3.63, 3.8) is 0 Å². The Morgan fingerprint density at radius 1 is 1.64 bits per heavy atom. The van der Waals surface area contributed by atoms with Gasteiger partial charge in [0.25, 0.3) is 0 Å². The van der Waals surface area contributed by atoms with Crippen LogP contribution < -0.4 is 5.73 Å². The van der Waals surface area contributed by atoms with Crippen LogP contribution in [0.1, 0.15) is 6.42 Å². The molecule has 3 N–H and O–H groups in total. The number of carbonyl (C=O) groups is 1. The van der Waals surface area contributed by atoms with Crippen LogP contribution in [0.2, 0.25) is 0 Å². The molecule has 1 amide bonds. The van der Waals surface area contributed by atoms with Crippen LogP contribution in [0, 0.1) is 0 Å². The summed E-state index contributed by atoms with van der Waals surface area (Å²) in [6.07, 6.45) is -0.867. The number of aliphatic hydroxyl groups excluding tert-OH is 2. The van der Waals surface area contributed by atoms with Gasteiger partial charge in [-0.05, 0) is 0 Å². The van der Waals surface area contributed by atoms with Gasteiger partial charge in [0.05, 0.1) is 26.2 Å². The fourth-order valence-electron chi connectivity index (χ4n) is 0.437. The van der Waals surface area contributed by atoms with Crippen LogP contribution in [0.3, 0.4) is 0 Å². The standard InChI is InChI=1S/C6H12NO4/c7-6(10)1-2-11-4-5(9)3-8/h5,7-9H,1-4H2. The minimum absolute atomic E-state index is 0.00375. The molecular weight excluding hydrogens is 150 g/mol. The molecule has 5 heteroatoms. The Morgan fingerprint density at radius 3 is 2.73 bits per heavy atom. The third kappa shape index (κ3) is 7.24. The number of hydrogen-bond acceptors (Lipinski definition) is 4. The Balaban J connectivity index is 3.08. The van der Waals surface area contributed by atoms with Gasteiger partial charge in [0.2, 0.25) is 5.91 Å². The molecule has 11 heavy (non-hydrogen) atoms. The Morgan fingerprint density at radius 2 is 2.27 bits per heavy atom. The summed E-state index contributed by atoms with van der Waals surface area (Å²) in [6.45, 7) is -0.224. The lowest BCUT2D eigenvalue weighted by Gasteiger charge is -2.06. The lowest BCUT2D eigenvalue weighted by Crippen LogP contribution is -2.20. The number of amides is 1. The van der Waals surface area contributed by atoms with Crippen molar-refractivity contribution in [2.24, 2.45) is 0 Å². The third-order valence-corrected chi connectivity index (χ3v) is 0.994. The summed E-state index contributed by atoms with van der Waals surface area (Å²) in [6, 6.07) is 0. The van der Waals surface area contributed by atoms with Crippen molar-refractivity contribution in [3.05, 3.63) is 0 Å². The predicted molar refractivity (Wildman–Crippen MR) is 36.6 cm³/mol. The van der Waals surface area contributed by atoms with E-state index in [-0.39, 0.29) is 26.2 Å². The van der Waals surface area contributed by atoms with E-state index in [2.05, 4.69) is 0 Å². The molecule has 65 valence electrons. The third-order valence-electron chi connectivity index (χ3n) is 0.994. The lowest BCUT2D eigenvalue weighted by molar-refractivity contribution is -0.120. The van der Waals surface area contributed by atoms with Crippen LogP contribution in [-0.4, -0.2) is 42.0 Å². The number of hydrogen-bond donors (Lipinski definition) is 2. The highest BCUT2D eigenvalue weighted by Crippen LogP contribution is 1.86. The molecule has 0 saturated carbocycles. The molecule has 0 aliphatic carbocycles. The van der Waals surface area contributed by atoms with E-state index in [0.29, 0.717) is 0 Å². The molecule has 0 bridgehead atoms. The predicted octanol–water partition coefficient (Wildman–Crippen LogP) is -1.44. The molecule has 0 heterocycles. The molecule has 1 atom stereocenters. The minimum Gasteiger partial charge on any atom is -0.394 e. The molecule has 0 saturated heterocycles. The second-order valence-electron chi connectivity index (χ2n) is 2.08. The zero-order valence-electron chi connectivity index (χ0n) is 6.12. The first kappa shape index (κ1) is 10.3. The normalized spacial score (nSPS) is 12.9. The van der Waals surface area contributed by atoms with Crippen LogP contribution in [-0.2, 0) is 9.53 Å². The molecule has 1 unspecified atom stereocenters. The molecule has 5 nitrogen and oxygen atoms in total. The zero-order valence-corrected chi connectivity index (χ0v) is 6.12. The van der Waals surface area contributed by atoms with Crippen molar-refractivity contribution < 1.29 is 19.7 Å². The highest BCUT2D eigenvalue weighted by Gasteiger charge is 2.01. The summed E-state index contributed by atoms with van der Waals surface area (Å²) < 4.78 is 4.75. The SMILES string of the molecule is [NH]C(=O)CCOCC(O)CO. The second kappa shape index (κ2) is 6.09. The molecule has 0 fully saturated rings. The van der Waals surface area contributed by atoms with Gasteiger partial charge in [-0.2, -0.15) is 0 Å². The zero-order chi connectivity index (χ0) is 8.69. The highest BCUT2D eigenvalue weighted by molar-refractivity contribution is 5.72. The summed E-state index contributed by atoms with van der Waals surface area (Å²) in [7, 11) is 0. The quantitative estimate of drug-likeness (QED) is 0.468. The number of ether oxygens (including phenoxy) is 1. The largest absolute Gasteiger partial charge is 0.394 e. The van der Waals surface area contributed by atoms with Crippen molar-refractivity contribution in [1.82, 2.24) is 5.73 Å². The van der Waals surface area contributed by atoms with Gasteiger partial charge in [-0.15, -0.1) is 0 Å². The van der Waals surface area contributed by atoms with E-state index in [1.165, 1.54) is 0 Å². The van der Waals surface area contributed by atoms with Crippen LogP contribution in [0.25, 0.3) is 0 Å². The second-order valence-corrected chi connectivity index (χ2v) is 2.08. The summed E-state index contributed by atoms with van der Waals surface area (Å²) in [5.41, 5.74) is 6.48. The van der Waals surface area contributed by atoms with Crippen molar-refractivity contribution in [2.45, 2.75) is 12.5 Å². The Hall–Kier alpha value is -0.650. The maximum Gasteiger partial charge on any atom is 0.240 e. The molecule has 0 rings (SSSR count). The maximum absolute atomic E-state index is 10.0. The van der Waals surface area contributed by atoms with E-state index in [4.69, 9.17) is 20.7 Å². The maximum atomic E-state index is 10.0. The van der Waals surface area contributed by atoms with Gasteiger partial charge in [0, 0.05) is 0 Å². The van der Waals surface area contributed by atoms with E-state index >= 15 is 0 Å². The van der Waals surface area contributed by atoms with Gasteiger partial charge in [-0.1, -0.05) is 0 Å².